The van der Waals surface area contributed by atoms with Crippen LogP contribution in [-0.4, -0.2) is 15.1 Å². The van der Waals surface area contributed by atoms with Crippen molar-refractivity contribution < 1.29 is 9.50 Å². The third-order valence-corrected chi connectivity index (χ3v) is 2.28. The summed E-state index contributed by atoms with van der Waals surface area (Å²) in [6, 6.07) is 4.51. The van der Waals surface area contributed by atoms with Gasteiger partial charge in [0.05, 0.1) is 0 Å². The number of hydrogen-bond donors (Lipinski definition) is 2. The maximum absolute atomic E-state index is 13.0. The fourth-order valence-corrected chi connectivity index (χ4v) is 1.42. The van der Waals surface area contributed by atoms with Crippen molar-refractivity contribution in [2.75, 3.05) is 0 Å². The zero-order chi connectivity index (χ0) is 10.8. The maximum Gasteiger partial charge on any atom is 0.139 e. The molecule has 0 saturated carbocycles. The summed E-state index contributed by atoms with van der Waals surface area (Å²) in [4.78, 5) is 6.76. The molecule has 1 atom stereocenters. The van der Waals surface area contributed by atoms with Gasteiger partial charge in [0.2, 0.25) is 0 Å². The van der Waals surface area contributed by atoms with Crippen molar-refractivity contribution in [2.24, 2.45) is 0 Å². The van der Waals surface area contributed by atoms with Crippen molar-refractivity contribution in [3.63, 3.8) is 0 Å². The normalized spacial score (nSPS) is 12.7. The van der Waals surface area contributed by atoms with Crippen molar-refractivity contribution in [3.8, 4) is 0 Å². The average molecular weight is 206 g/mol. The van der Waals surface area contributed by atoms with E-state index in [0.29, 0.717) is 17.0 Å². The molecule has 0 aliphatic carbocycles. The first-order valence-electron chi connectivity index (χ1n) is 4.62. The predicted molar refractivity (Wildman–Crippen MR) is 53.8 cm³/mol. The molecule has 1 heterocycles. The van der Waals surface area contributed by atoms with Crippen LogP contribution in [0.1, 0.15) is 23.1 Å². The molecule has 3 nitrogen and oxygen atoms in total. The Morgan fingerprint density at radius 3 is 2.87 bits per heavy atom. The number of H-pyrrole nitrogens is 1. The van der Waals surface area contributed by atoms with E-state index in [9.17, 15) is 9.50 Å². The maximum atomic E-state index is 13.0. The smallest absolute Gasteiger partial charge is 0.139 e. The molecule has 1 aromatic carbocycles. The van der Waals surface area contributed by atoms with Crippen LogP contribution in [0.5, 0.6) is 0 Å². The van der Waals surface area contributed by atoms with Crippen molar-refractivity contribution in [1.29, 1.82) is 0 Å². The van der Waals surface area contributed by atoms with Gasteiger partial charge in [-0.25, -0.2) is 9.37 Å². The second-order valence-electron chi connectivity index (χ2n) is 3.39. The third-order valence-electron chi connectivity index (χ3n) is 2.28. The van der Waals surface area contributed by atoms with Gasteiger partial charge in [-0.2, -0.15) is 0 Å². The Balaban J connectivity index is 2.34. The van der Waals surface area contributed by atoms with Crippen LogP contribution < -0.4 is 0 Å². The van der Waals surface area contributed by atoms with Gasteiger partial charge in [0, 0.05) is 12.4 Å². The van der Waals surface area contributed by atoms with Crippen LogP contribution in [0.4, 0.5) is 4.39 Å². The quantitative estimate of drug-likeness (QED) is 0.788. The first-order valence-corrected chi connectivity index (χ1v) is 4.62. The first-order chi connectivity index (χ1) is 7.18. The van der Waals surface area contributed by atoms with E-state index in [1.165, 1.54) is 6.07 Å². The van der Waals surface area contributed by atoms with Crippen LogP contribution >= 0.6 is 0 Å². The van der Waals surface area contributed by atoms with Gasteiger partial charge >= 0.3 is 0 Å². The number of halogens is 1. The van der Waals surface area contributed by atoms with Gasteiger partial charge in [-0.05, 0) is 24.1 Å². The number of rotatable bonds is 2. The largest absolute Gasteiger partial charge is 0.380 e. The highest BCUT2D eigenvalue weighted by Crippen LogP contribution is 2.20. The monoisotopic (exact) mass is 206 g/mol. The number of nitrogens with one attached hydrogen (secondary N) is 1. The molecular weight excluding hydrogens is 195 g/mol. The molecule has 0 aliphatic rings. The summed E-state index contributed by atoms with van der Waals surface area (Å²) < 4.78 is 13.0. The average Bonchev–Trinajstić information content (AvgIpc) is 2.74. The Kier molecular flexibility index (Phi) is 2.51. The molecule has 0 fully saturated rings. The summed E-state index contributed by atoms with van der Waals surface area (Å²) in [5.74, 6) is 0.186. The van der Waals surface area contributed by atoms with Crippen molar-refractivity contribution >= 4 is 0 Å². The highest BCUT2D eigenvalue weighted by Gasteiger charge is 2.13. The van der Waals surface area contributed by atoms with Gasteiger partial charge in [0.15, 0.2) is 0 Å². The fraction of sp³-hybridized carbons (Fsp3) is 0.182. The van der Waals surface area contributed by atoms with Gasteiger partial charge in [-0.1, -0.05) is 12.1 Å². The minimum Gasteiger partial charge on any atom is -0.380 e. The predicted octanol–water partition coefficient (Wildman–Crippen LogP) is 1.94. The first kappa shape index (κ1) is 9.86. The van der Waals surface area contributed by atoms with Gasteiger partial charge < -0.3 is 10.1 Å². The molecule has 0 aliphatic heterocycles. The number of aromatic amines is 1. The highest BCUT2D eigenvalue weighted by atomic mass is 19.1. The van der Waals surface area contributed by atoms with Gasteiger partial charge in [-0.15, -0.1) is 0 Å². The zero-order valence-corrected chi connectivity index (χ0v) is 8.24. The summed E-state index contributed by atoms with van der Waals surface area (Å²) in [5.41, 5.74) is 1.14. The Morgan fingerprint density at radius 1 is 1.47 bits per heavy atom. The molecule has 2 rings (SSSR count). The molecule has 0 bridgehead atoms. The van der Waals surface area contributed by atoms with E-state index in [4.69, 9.17) is 0 Å². The lowest BCUT2D eigenvalue weighted by atomic mass is 10.1. The molecule has 1 unspecified atom stereocenters. The van der Waals surface area contributed by atoms with E-state index in [1.807, 2.05) is 0 Å². The Bertz CT molecular complexity index is 454. The summed E-state index contributed by atoms with van der Waals surface area (Å²) in [6.07, 6.45) is 2.36. The van der Waals surface area contributed by atoms with Crippen LogP contribution in [0.3, 0.4) is 0 Å². The number of aryl methyl sites for hydroxylation is 1. The van der Waals surface area contributed by atoms with Crippen LogP contribution in [0.15, 0.2) is 30.6 Å². The van der Waals surface area contributed by atoms with E-state index in [1.54, 1.807) is 31.5 Å². The number of nitrogens with zero attached hydrogens (tertiary/aromatic N) is 1. The lowest BCUT2D eigenvalue weighted by molar-refractivity contribution is 0.211. The van der Waals surface area contributed by atoms with Crippen LogP contribution in [0.25, 0.3) is 0 Å². The second-order valence-corrected chi connectivity index (χ2v) is 3.39. The van der Waals surface area contributed by atoms with Gasteiger partial charge in [0.1, 0.15) is 17.7 Å². The molecule has 0 saturated heterocycles. The minimum absolute atomic E-state index is 0.273. The molecule has 78 valence electrons. The van der Waals surface area contributed by atoms with E-state index in [0.717, 1.165) is 0 Å². The Hall–Kier alpha value is -1.68. The third kappa shape index (κ3) is 1.89. The summed E-state index contributed by atoms with van der Waals surface area (Å²) in [5, 5.41) is 9.88. The molecule has 0 radical (unpaired) electrons. The van der Waals surface area contributed by atoms with Gasteiger partial charge in [0.25, 0.3) is 0 Å². The molecule has 0 spiro atoms. The number of aliphatic hydroxyl groups excluding tert-OH is 1. The van der Waals surface area contributed by atoms with Gasteiger partial charge in [-0.3, -0.25) is 0 Å². The summed E-state index contributed by atoms with van der Waals surface area (Å²) >= 11 is 0. The lowest BCUT2D eigenvalue weighted by Gasteiger charge is -2.09. The van der Waals surface area contributed by atoms with E-state index < -0.39 is 6.10 Å². The van der Waals surface area contributed by atoms with E-state index in [-0.39, 0.29) is 5.82 Å². The number of imidazole rings is 1. The topological polar surface area (TPSA) is 48.9 Å². The number of aliphatic hydroxyl groups is 1. The second kappa shape index (κ2) is 3.82. The van der Waals surface area contributed by atoms with E-state index in [2.05, 4.69) is 9.97 Å². The van der Waals surface area contributed by atoms with Crippen LogP contribution in [0.2, 0.25) is 0 Å². The van der Waals surface area contributed by atoms with Crippen LogP contribution in [0, 0.1) is 12.7 Å². The Labute approximate surface area is 86.6 Å². The number of benzene rings is 1. The standard InChI is InChI=1S/C11H11FN2O/c1-7-6-8(2-3-9(7)12)10(15)11-13-4-5-14-11/h2-6,10,15H,1H3,(H,13,14). The Morgan fingerprint density at radius 2 is 2.27 bits per heavy atom. The molecule has 0 amide bonds. The number of aromatic nitrogens is 2. The van der Waals surface area contributed by atoms with Crippen molar-refractivity contribution in [3.05, 3.63) is 53.4 Å². The van der Waals surface area contributed by atoms with Crippen LogP contribution in [-0.2, 0) is 0 Å². The zero-order valence-electron chi connectivity index (χ0n) is 8.24. The lowest BCUT2D eigenvalue weighted by Crippen LogP contribution is -2.02. The molecule has 2 aromatic rings. The molecule has 2 N–H and O–H groups in total. The summed E-state index contributed by atoms with van der Waals surface area (Å²) in [7, 11) is 0. The number of hydrogen-bond acceptors (Lipinski definition) is 2. The van der Waals surface area contributed by atoms with Crippen molar-refractivity contribution in [2.45, 2.75) is 13.0 Å². The molecular formula is C11H11FN2O. The van der Waals surface area contributed by atoms with Crippen molar-refractivity contribution in [1.82, 2.24) is 9.97 Å². The fourth-order valence-electron chi connectivity index (χ4n) is 1.42. The molecule has 4 heteroatoms. The van der Waals surface area contributed by atoms with E-state index >= 15 is 0 Å². The molecule has 15 heavy (non-hydrogen) atoms. The highest BCUT2D eigenvalue weighted by molar-refractivity contribution is 5.28. The minimum atomic E-state index is -0.834. The molecule has 1 aromatic heterocycles. The SMILES string of the molecule is Cc1cc(C(O)c2ncc[nH]2)ccc1F. The summed E-state index contributed by atoms with van der Waals surface area (Å²) in [6.45, 7) is 1.66.